The van der Waals surface area contributed by atoms with Gasteiger partial charge >= 0.3 is 11.9 Å². The van der Waals surface area contributed by atoms with Gasteiger partial charge in [-0.25, -0.2) is 0 Å². The van der Waals surface area contributed by atoms with Crippen LogP contribution in [0.4, 0.5) is 0 Å². The highest BCUT2D eigenvalue weighted by Crippen LogP contribution is 2.46. The van der Waals surface area contributed by atoms with Crippen LogP contribution in [0.3, 0.4) is 0 Å². The molecule has 48 heavy (non-hydrogen) atoms. The van der Waals surface area contributed by atoms with E-state index in [1.807, 2.05) is 0 Å². The zero-order valence-corrected chi connectivity index (χ0v) is 29.1. The highest BCUT2D eigenvalue weighted by molar-refractivity contribution is 5.89. The van der Waals surface area contributed by atoms with E-state index in [0.717, 1.165) is 64.7 Å². The molecule has 4 aliphatic rings. The fourth-order valence-corrected chi connectivity index (χ4v) is 9.60. The minimum absolute atomic E-state index is 0.169. The van der Waals surface area contributed by atoms with Crippen LogP contribution < -0.4 is 0 Å². The number of H-pyrrole nitrogens is 2. The Labute approximate surface area is 284 Å². The number of piperidine rings is 2. The number of benzene rings is 2. The number of nitrogens with zero attached hydrogens (tertiary/aromatic N) is 2. The molecule has 0 unspecified atom stereocenters. The van der Waals surface area contributed by atoms with Crippen molar-refractivity contribution in [2.24, 2.45) is 11.8 Å². The molecule has 2 aliphatic carbocycles. The first-order valence-electron chi connectivity index (χ1n) is 18.3. The average molecular weight is 653 g/mol. The van der Waals surface area contributed by atoms with E-state index in [4.69, 9.17) is 9.47 Å². The van der Waals surface area contributed by atoms with E-state index in [0.29, 0.717) is 49.0 Å². The zero-order chi connectivity index (χ0) is 33.4. The lowest BCUT2D eigenvalue weighted by Crippen LogP contribution is -2.51. The number of nitrogens with one attached hydrogen (secondary N) is 2. The number of esters is 2. The Morgan fingerprint density at radius 2 is 1.15 bits per heavy atom. The molecule has 2 aliphatic heterocycles. The van der Waals surface area contributed by atoms with Gasteiger partial charge in [-0.2, -0.15) is 0 Å². The third-order valence-corrected chi connectivity index (χ3v) is 11.4. The van der Waals surface area contributed by atoms with Gasteiger partial charge in [0.25, 0.3) is 0 Å². The maximum Gasteiger partial charge on any atom is 0.302 e. The van der Waals surface area contributed by atoms with Crippen LogP contribution >= 0.6 is 0 Å². The molecule has 2 aromatic carbocycles. The lowest BCUT2D eigenvalue weighted by molar-refractivity contribution is -0.144. The molecule has 2 N–H and O–H groups in total. The van der Waals surface area contributed by atoms with Crippen molar-refractivity contribution in [3.05, 3.63) is 71.0 Å². The van der Waals surface area contributed by atoms with Gasteiger partial charge in [0.1, 0.15) is 0 Å². The molecule has 0 saturated carbocycles. The van der Waals surface area contributed by atoms with Crippen molar-refractivity contribution in [3.63, 3.8) is 0 Å². The van der Waals surface area contributed by atoms with E-state index in [-0.39, 0.29) is 11.9 Å². The molecule has 0 amide bonds. The van der Waals surface area contributed by atoms with E-state index < -0.39 is 0 Å². The Bertz CT molecular complexity index is 1630. The summed E-state index contributed by atoms with van der Waals surface area (Å²) in [7, 11) is 0. The van der Waals surface area contributed by atoms with Crippen LogP contribution in [0.2, 0.25) is 0 Å². The fraction of sp³-hybridized carbons (Fsp3) is 0.550. The molecular weight excluding hydrogens is 600 g/mol. The predicted octanol–water partition coefficient (Wildman–Crippen LogP) is 6.94. The monoisotopic (exact) mass is 652 g/mol. The van der Waals surface area contributed by atoms with E-state index in [1.54, 1.807) is 0 Å². The molecule has 0 spiro atoms. The third kappa shape index (κ3) is 6.41. The lowest BCUT2D eigenvalue weighted by atomic mass is 9.72. The van der Waals surface area contributed by atoms with Gasteiger partial charge in [-0.05, 0) is 86.0 Å². The molecule has 2 aromatic heterocycles. The Kier molecular flexibility index (Phi) is 9.65. The average Bonchev–Trinajstić information content (AvgIpc) is 3.70. The van der Waals surface area contributed by atoms with Crippen molar-refractivity contribution in [2.45, 2.75) is 90.1 Å². The van der Waals surface area contributed by atoms with Crippen LogP contribution in [-0.2, 0) is 31.9 Å². The van der Waals surface area contributed by atoms with Crippen molar-refractivity contribution < 1.29 is 19.1 Å². The number of aromatic amines is 2. The van der Waals surface area contributed by atoms with E-state index >= 15 is 0 Å². The first-order chi connectivity index (χ1) is 23.3. The summed E-state index contributed by atoms with van der Waals surface area (Å²) in [5, 5.41) is 2.87. The SMILES string of the molecule is CCCN1C[C@H](COC(C)=O)C[C@@H]2c3cccc4[nH]cc(c34)C[C@H]21.CCCN1C[C@H](COC(C)=O)C[C@@H]2c3cccc4[nH]cc(c34)C[C@H]21. The molecule has 0 radical (unpaired) electrons. The minimum atomic E-state index is -0.169. The molecule has 0 bridgehead atoms. The number of hydrogen-bond acceptors (Lipinski definition) is 6. The molecule has 4 heterocycles. The number of ether oxygens (including phenoxy) is 2. The summed E-state index contributed by atoms with van der Waals surface area (Å²) in [6.07, 6.45) is 11.2. The first kappa shape index (κ1) is 32.9. The van der Waals surface area contributed by atoms with Gasteiger partial charge in [0.15, 0.2) is 0 Å². The molecule has 2 fully saturated rings. The molecule has 8 heteroatoms. The van der Waals surface area contributed by atoms with Gasteiger partial charge in [0, 0.05) is 96.9 Å². The normalized spacial score (nSPS) is 26.3. The van der Waals surface area contributed by atoms with Crippen molar-refractivity contribution >= 4 is 33.7 Å². The van der Waals surface area contributed by atoms with Gasteiger partial charge in [-0.1, -0.05) is 38.1 Å². The number of carbonyl (C=O) groups is 2. The van der Waals surface area contributed by atoms with Gasteiger partial charge in [-0.15, -0.1) is 0 Å². The van der Waals surface area contributed by atoms with Crippen LogP contribution in [0.1, 0.15) is 87.5 Å². The van der Waals surface area contributed by atoms with Crippen molar-refractivity contribution in [1.82, 2.24) is 19.8 Å². The summed E-state index contributed by atoms with van der Waals surface area (Å²) in [4.78, 5) is 34.6. The number of fused-ring (bicyclic) bond motifs is 4. The van der Waals surface area contributed by atoms with E-state index in [9.17, 15) is 9.59 Å². The highest BCUT2D eigenvalue weighted by Gasteiger charge is 2.42. The first-order valence-corrected chi connectivity index (χ1v) is 18.3. The quantitative estimate of drug-likeness (QED) is 0.201. The Hall–Kier alpha value is -3.62. The van der Waals surface area contributed by atoms with Crippen molar-refractivity contribution in [1.29, 1.82) is 0 Å². The summed E-state index contributed by atoms with van der Waals surface area (Å²) >= 11 is 0. The van der Waals surface area contributed by atoms with Crippen LogP contribution in [0, 0.1) is 11.8 Å². The van der Waals surface area contributed by atoms with E-state index in [2.05, 4.69) is 82.4 Å². The van der Waals surface area contributed by atoms with Crippen LogP contribution in [0.15, 0.2) is 48.8 Å². The third-order valence-electron chi connectivity index (χ3n) is 11.4. The zero-order valence-electron chi connectivity index (χ0n) is 29.1. The maximum absolute atomic E-state index is 11.2. The molecule has 256 valence electrons. The Balaban J connectivity index is 0.000000152. The second kappa shape index (κ2) is 14.1. The molecule has 6 atom stereocenters. The Morgan fingerprint density at radius 3 is 1.54 bits per heavy atom. The summed E-state index contributed by atoms with van der Waals surface area (Å²) < 4.78 is 10.7. The lowest BCUT2D eigenvalue weighted by Gasteiger charge is -2.47. The smallest absolute Gasteiger partial charge is 0.302 e. The minimum Gasteiger partial charge on any atom is -0.466 e. The summed E-state index contributed by atoms with van der Waals surface area (Å²) in [6.45, 7) is 12.9. The van der Waals surface area contributed by atoms with Crippen LogP contribution in [0.25, 0.3) is 21.8 Å². The summed E-state index contributed by atoms with van der Waals surface area (Å²) in [5.41, 5.74) is 8.39. The van der Waals surface area contributed by atoms with Crippen LogP contribution in [0.5, 0.6) is 0 Å². The number of rotatable bonds is 8. The molecule has 8 nitrogen and oxygen atoms in total. The number of aromatic nitrogens is 2. The van der Waals surface area contributed by atoms with Crippen molar-refractivity contribution in [2.75, 3.05) is 39.4 Å². The van der Waals surface area contributed by atoms with E-state index in [1.165, 1.54) is 57.9 Å². The summed E-state index contributed by atoms with van der Waals surface area (Å²) in [5.74, 6) is 1.60. The number of carbonyl (C=O) groups excluding carboxylic acids is 2. The molecule has 2 saturated heterocycles. The second-order valence-corrected chi connectivity index (χ2v) is 14.7. The summed E-state index contributed by atoms with van der Waals surface area (Å²) in [6, 6.07) is 14.4. The van der Waals surface area contributed by atoms with Gasteiger partial charge in [-0.3, -0.25) is 19.4 Å². The predicted molar refractivity (Wildman–Crippen MR) is 190 cm³/mol. The molecule has 8 rings (SSSR count). The maximum atomic E-state index is 11.2. The largest absolute Gasteiger partial charge is 0.466 e. The molecule has 4 aromatic rings. The highest BCUT2D eigenvalue weighted by atomic mass is 16.5. The number of likely N-dealkylation sites (tertiary alicyclic amines) is 2. The Morgan fingerprint density at radius 1 is 0.708 bits per heavy atom. The fourth-order valence-electron chi connectivity index (χ4n) is 9.60. The molecular formula is C40H52N4O4. The standard InChI is InChI=1S/2C20H26N2O2/c2*1-3-7-22-11-14(12-24-13(2)23)8-17-16-5-4-6-18-20(16)15(10-21-18)9-19(17)22/h2*4-6,10,14,17,19,21H,3,7-9,11-12H2,1-2H3/t2*14-,17-,19-/m11/s1. The van der Waals surface area contributed by atoms with Gasteiger partial charge < -0.3 is 19.4 Å². The topological polar surface area (TPSA) is 90.7 Å². The van der Waals surface area contributed by atoms with Gasteiger partial charge in [0.2, 0.25) is 0 Å². The number of hydrogen-bond donors (Lipinski definition) is 2. The van der Waals surface area contributed by atoms with Crippen molar-refractivity contribution in [3.8, 4) is 0 Å². The van der Waals surface area contributed by atoms with Gasteiger partial charge in [0.05, 0.1) is 13.2 Å². The second-order valence-electron chi connectivity index (χ2n) is 14.7. The van der Waals surface area contributed by atoms with Crippen LogP contribution in [-0.4, -0.2) is 83.2 Å².